The number of hydrogen-bond acceptors (Lipinski definition) is 5. The summed E-state index contributed by atoms with van der Waals surface area (Å²) in [6.45, 7) is 6.48. The van der Waals surface area contributed by atoms with Crippen molar-refractivity contribution >= 4 is 12.0 Å². The summed E-state index contributed by atoms with van der Waals surface area (Å²) in [7, 11) is 0. The molecule has 7 heteroatoms. The summed E-state index contributed by atoms with van der Waals surface area (Å²) in [5, 5.41) is 4.26. The molecule has 134 valence electrons. The third kappa shape index (κ3) is 4.59. The molecule has 25 heavy (non-hydrogen) atoms. The zero-order valence-corrected chi connectivity index (χ0v) is 14.5. The summed E-state index contributed by atoms with van der Waals surface area (Å²) in [5.41, 5.74) is 1.20. The molecule has 0 aliphatic heterocycles. The maximum atomic E-state index is 13.6. The molecule has 0 atom stereocenters. The van der Waals surface area contributed by atoms with Gasteiger partial charge in [0.15, 0.2) is 5.75 Å². The standard InChI is InChI=1S/C18H21FN2O4/c1-4-23-10-9-13-11-14(19)7-8-15(13)21-12-16(24-5-2)17(20-21)18(22)25-6-3/h7-12H,4-6H2,1-3H3/b10-9-. The summed E-state index contributed by atoms with van der Waals surface area (Å²) < 4.78 is 30.7. The molecule has 2 aromatic rings. The van der Waals surface area contributed by atoms with E-state index >= 15 is 0 Å². The van der Waals surface area contributed by atoms with Crippen LogP contribution in [-0.4, -0.2) is 35.6 Å². The quantitative estimate of drug-likeness (QED) is 0.539. The first kappa shape index (κ1) is 18.5. The molecule has 0 amide bonds. The van der Waals surface area contributed by atoms with Gasteiger partial charge in [-0.05, 0) is 45.0 Å². The summed E-state index contributed by atoms with van der Waals surface area (Å²) >= 11 is 0. The largest absolute Gasteiger partial charge is 0.501 e. The lowest BCUT2D eigenvalue weighted by atomic mass is 10.1. The fraction of sp³-hybridized carbons (Fsp3) is 0.333. The van der Waals surface area contributed by atoms with Crippen molar-refractivity contribution in [2.75, 3.05) is 19.8 Å². The number of carbonyl (C=O) groups excluding carboxylic acids is 1. The van der Waals surface area contributed by atoms with Crippen LogP contribution in [0.15, 0.2) is 30.7 Å². The second kappa shape index (κ2) is 8.86. The van der Waals surface area contributed by atoms with Crippen molar-refractivity contribution in [1.82, 2.24) is 9.78 Å². The minimum absolute atomic E-state index is 0.0766. The van der Waals surface area contributed by atoms with Crippen molar-refractivity contribution in [1.29, 1.82) is 0 Å². The lowest BCUT2D eigenvalue weighted by molar-refractivity contribution is 0.0514. The zero-order valence-electron chi connectivity index (χ0n) is 14.5. The number of ether oxygens (including phenoxy) is 3. The van der Waals surface area contributed by atoms with Gasteiger partial charge in [0.25, 0.3) is 0 Å². The maximum absolute atomic E-state index is 13.6. The van der Waals surface area contributed by atoms with Crippen molar-refractivity contribution in [3.05, 3.63) is 47.7 Å². The van der Waals surface area contributed by atoms with Crippen LogP contribution in [0.2, 0.25) is 0 Å². The number of benzene rings is 1. The van der Waals surface area contributed by atoms with Gasteiger partial charge in [-0.15, -0.1) is 0 Å². The zero-order chi connectivity index (χ0) is 18.2. The van der Waals surface area contributed by atoms with E-state index in [1.165, 1.54) is 23.1 Å². The van der Waals surface area contributed by atoms with E-state index in [-0.39, 0.29) is 18.1 Å². The van der Waals surface area contributed by atoms with Crippen molar-refractivity contribution in [2.24, 2.45) is 0 Å². The molecule has 0 aliphatic carbocycles. The van der Waals surface area contributed by atoms with Crippen LogP contribution in [0.25, 0.3) is 11.8 Å². The Labute approximate surface area is 145 Å². The fourth-order valence-corrected chi connectivity index (χ4v) is 2.17. The van der Waals surface area contributed by atoms with Crippen LogP contribution in [0.1, 0.15) is 36.8 Å². The highest BCUT2D eigenvalue weighted by Gasteiger charge is 2.20. The molecule has 0 bridgehead atoms. The first-order valence-electron chi connectivity index (χ1n) is 8.08. The number of esters is 1. The molecule has 2 rings (SSSR count). The average molecular weight is 348 g/mol. The molecular weight excluding hydrogens is 327 g/mol. The molecule has 0 aliphatic rings. The Kier molecular flexibility index (Phi) is 6.56. The third-order valence-electron chi connectivity index (χ3n) is 3.20. The molecule has 0 unspecified atom stereocenters. The average Bonchev–Trinajstić information content (AvgIpc) is 3.00. The first-order valence-corrected chi connectivity index (χ1v) is 8.08. The molecule has 0 saturated carbocycles. The molecule has 1 aromatic heterocycles. The lowest BCUT2D eigenvalue weighted by Crippen LogP contribution is -2.08. The van der Waals surface area contributed by atoms with Crippen molar-refractivity contribution in [3.8, 4) is 11.4 Å². The van der Waals surface area contributed by atoms with Crippen molar-refractivity contribution in [2.45, 2.75) is 20.8 Å². The van der Waals surface area contributed by atoms with Gasteiger partial charge in [0.1, 0.15) is 5.82 Å². The Morgan fingerprint density at radius 3 is 2.72 bits per heavy atom. The van der Waals surface area contributed by atoms with Crippen molar-refractivity contribution < 1.29 is 23.4 Å². The lowest BCUT2D eigenvalue weighted by Gasteiger charge is -2.06. The summed E-state index contributed by atoms with van der Waals surface area (Å²) in [6, 6.07) is 4.24. The molecule has 0 saturated heterocycles. The van der Waals surface area contributed by atoms with E-state index in [9.17, 15) is 9.18 Å². The molecule has 0 N–H and O–H groups in total. The highest BCUT2D eigenvalue weighted by molar-refractivity contribution is 5.90. The highest BCUT2D eigenvalue weighted by atomic mass is 19.1. The Hall–Kier alpha value is -2.83. The van der Waals surface area contributed by atoms with Crippen LogP contribution >= 0.6 is 0 Å². The first-order chi connectivity index (χ1) is 12.1. The van der Waals surface area contributed by atoms with E-state index in [0.717, 1.165) is 0 Å². The molecule has 0 spiro atoms. The topological polar surface area (TPSA) is 62.6 Å². The van der Waals surface area contributed by atoms with Gasteiger partial charge in [-0.1, -0.05) is 0 Å². The van der Waals surface area contributed by atoms with Crippen LogP contribution in [0.4, 0.5) is 4.39 Å². The third-order valence-corrected chi connectivity index (χ3v) is 3.20. The molecule has 1 heterocycles. The van der Waals surface area contributed by atoms with Crippen LogP contribution in [0, 0.1) is 5.82 Å². The van der Waals surface area contributed by atoms with Gasteiger partial charge < -0.3 is 14.2 Å². The van der Waals surface area contributed by atoms with Crippen molar-refractivity contribution in [3.63, 3.8) is 0 Å². The second-order valence-corrected chi connectivity index (χ2v) is 4.90. The monoisotopic (exact) mass is 348 g/mol. The fourth-order valence-electron chi connectivity index (χ4n) is 2.17. The predicted octanol–water partition coefficient (Wildman–Crippen LogP) is 3.59. The van der Waals surface area contributed by atoms with Gasteiger partial charge >= 0.3 is 5.97 Å². The second-order valence-electron chi connectivity index (χ2n) is 4.90. The Bertz CT molecular complexity index is 756. The minimum atomic E-state index is -0.571. The van der Waals surface area contributed by atoms with E-state index < -0.39 is 5.97 Å². The maximum Gasteiger partial charge on any atom is 0.362 e. The summed E-state index contributed by atoms with van der Waals surface area (Å²) in [5.74, 6) is -0.647. The van der Waals surface area contributed by atoms with E-state index in [0.29, 0.717) is 30.2 Å². The van der Waals surface area contributed by atoms with E-state index in [4.69, 9.17) is 14.2 Å². The number of aromatic nitrogens is 2. The number of hydrogen-bond donors (Lipinski definition) is 0. The van der Waals surface area contributed by atoms with Gasteiger partial charge in [0, 0.05) is 5.56 Å². The van der Waals surface area contributed by atoms with E-state index in [1.807, 2.05) is 6.92 Å². The highest BCUT2D eigenvalue weighted by Crippen LogP contribution is 2.24. The minimum Gasteiger partial charge on any atom is -0.501 e. The number of rotatable bonds is 8. The van der Waals surface area contributed by atoms with Crippen LogP contribution < -0.4 is 4.74 Å². The van der Waals surface area contributed by atoms with Gasteiger partial charge in [-0.25, -0.2) is 13.9 Å². The Morgan fingerprint density at radius 2 is 2.04 bits per heavy atom. The molecular formula is C18H21FN2O4. The Morgan fingerprint density at radius 1 is 1.24 bits per heavy atom. The summed E-state index contributed by atoms with van der Waals surface area (Å²) in [6.07, 6.45) is 4.69. The molecule has 0 radical (unpaired) electrons. The molecule has 6 nitrogen and oxygen atoms in total. The van der Waals surface area contributed by atoms with Crippen LogP contribution in [-0.2, 0) is 9.47 Å². The van der Waals surface area contributed by atoms with Crippen LogP contribution in [0.3, 0.4) is 0 Å². The normalized spacial score (nSPS) is 10.9. The Balaban J connectivity index is 2.47. The number of carbonyl (C=O) groups is 1. The predicted molar refractivity (Wildman–Crippen MR) is 91.3 cm³/mol. The summed E-state index contributed by atoms with van der Waals surface area (Å²) in [4.78, 5) is 12.1. The molecule has 1 aromatic carbocycles. The van der Waals surface area contributed by atoms with Gasteiger partial charge in [-0.2, -0.15) is 5.10 Å². The van der Waals surface area contributed by atoms with E-state index in [1.54, 1.807) is 32.2 Å². The molecule has 0 fully saturated rings. The van der Waals surface area contributed by atoms with Gasteiger partial charge in [0.05, 0.1) is 38.0 Å². The van der Waals surface area contributed by atoms with E-state index in [2.05, 4.69) is 5.10 Å². The number of nitrogens with zero attached hydrogens (tertiary/aromatic N) is 2. The SMILES string of the molecule is CCO/C=C\c1cc(F)ccc1-n1cc(OCC)c(C(=O)OCC)n1. The van der Waals surface area contributed by atoms with Gasteiger partial charge in [-0.3, -0.25) is 0 Å². The smallest absolute Gasteiger partial charge is 0.362 e. The number of halogens is 1. The van der Waals surface area contributed by atoms with Crippen LogP contribution in [0.5, 0.6) is 5.75 Å². The van der Waals surface area contributed by atoms with Gasteiger partial charge in [0.2, 0.25) is 5.69 Å².